The number of nitro groups is 2. The highest BCUT2D eigenvalue weighted by molar-refractivity contribution is 7.72. The maximum Gasteiger partial charge on any atom is 0.402 e. The predicted molar refractivity (Wildman–Crippen MR) is 122 cm³/mol. The van der Waals surface area contributed by atoms with Crippen LogP contribution in [0.15, 0.2) is 63.9 Å². The van der Waals surface area contributed by atoms with Crippen LogP contribution in [0.4, 0.5) is 22.7 Å². The fourth-order valence-electron chi connectivity index (χ4n) is 2.33. The molecule has 0 aliphatic rings. The van der Waals surface area contributed by atoms with Crippen molar-refractivity contribution in [3.8, 4) is 0 Å². The summed E-state index contributed by atoms with van der Waals surface area (Å²) in [5, 5.41) is 33.5. The second-order valence-electron chi connectivity index (χ2n) is 7.11. The summed E-state index contributed by atoms with van der Waals surface area (Å²) in [5.41, 5.74) is 2.57. The summed E-state index contributed by atoms with van der Waals surface area (Å²) in [6, 6.07) is 10.6. The Morgan fingerprint density at radius 2 is 1.33 bits per heavy atom. The summed E-state index contributed by atoms with van der Waals surface area (Å²) < 4.78 is 24.6. The first kappa shape index (κ1) is 25.7. The zero-order valence-corrected chi connectivity index (χ0v) is 19.2. The summed E-state index contributed by atoms with van der Waals surface area (Å²) in [5.74, 6) is 0. The number of nitrogens with one attached hydrogen (secondary N) is 1. The molecule has 0 saturated heterocycles. The van der Waals surface area contributed by atoms with Gasteiger partial charge in [0.1, 0.15) is 0 Å². The predicted octanol–water partition coefficient (Wildman–Crippen LogP) is 6.01. The SMILES string of the molecule is CC(C)OP(=O)(OC(C)C)/C(N=Nc1ccc([N+](=O)[O-])cc1)=N\Nc1ccc([N+](=O)[O-])cc1. The van der Waals surface area contributed by atoms with Gasteiger partial charge in [0.15, 0.2) is 0 Å². The van der Waals surface area contributed by atoms with Gasteiger partial charge in [0.25, 0.3) is 17.0 Å². The van der Waals surface area contributed by atoms with E-state index in [1.54, 1.807) is 27.7 Å². The summed E-state index contributed by atoms with van der Waals surface area (Å²) in [4.78, 5) is 20.5. The average Bonchev–Trinajstić information content (AvgIpc) is 2.73. The van der Waals surface area contributed by atoms with Crippen molar-refractivity contribution in [3.63, 3.8) is 0 Å². The number of nitro benzene ring substituents is 2. The van der Waals surface area contributed by atoms with E-state index in [1.807, 2.05) is 0 Å². The summed E-state index contributed by atoms with van der Waals surface area (Å²) in [6.45, 7) is 6.63. The van der Waals surface area contributed by atoms with Crippen LogP contribution < -0.4 is 5.43 Å². The molecular weight excluding hydrogens is 455 g/mol. The van der Waals surface area contributed by atoms with Gasteiger partial charge in [-0.15, -0.1) is 15.3 Å². The third-order valence-corrected chi connectivity index (χ3v) is 5.70. The first-order valence-electron chi connectivity index (χ1n) is 9.72. The molecule has 0 atom stereocenters. The van der Waals surface area contributed by atoms with Crippen LogP contribution in [-0.2, 0) is 13.6 Å². The van der Waals surface area contributed by atoms with Crippen molar-refractivity contribution in [2.24, 2.45) is 15.3 Å². The van der Waals surface area contributed by atoms with Crippen molar-refractivity contribution in [1.29, 1.82) is 0 Å². The molecule has 13 nitrogen and oxygen atoms in total. The van der Waals surface area contributed by atoms with E-state index in [9.17, 15) is 24.8 Å². The van der Waals surface area contributed by atoms with Crippen LogP contribution in [0.1, 0.15) is 27.7 Å². The molecule has 0 aromatic heterocycles. The molecule has 1 N–H and O–H groups in total. The molecule has 0 spiro atoms. The number of hydrogen-bond donors (Lipinski definition) is 1. The van der Waals surface area contributed by atoms with Gasteiger partial charge in [0, 0.05) is 24.3 Å². The lowest BCUT2D eigenvalue weighted by Crippen LogP contribution is -2.14. The molecule has 2 rings (SSSR count). The maximum absolute atomic E-state index is 13.5. The van der Waals surface area contributed by atoms with Crippen molar-refractivity contribution in [2.45, 2.75) is 39.9 Å². The van der Waals surface area contributed by atoms with Gasteiger partial charge in [-0.3, -0.25) is 30.2 Å². The molecule has 0 unspecified atom stereocenters. The third kappa shape index (κ3) is 7.83. The highest BCUT2D eigenvalue weighted by Crippen LogP contribution is 2.52. The van der Waals surface area contributed by atoms with Crippen LogP contribution in [0.2, 0.25) is 0 Å². The van der Waals surface area contributed by atoms with Crippen molar-refractivity contribution in [1.82, 2.24) is 0 Å². The fourth-order valence-corrected chi connectivity index (χ4v) is 4.00. The Morgan fingerprint density at radius 1 is 0.879 bits per heavy atom. The number of rotatable bonds is 10. The molecule has 0 saturated carbocycles. The number of hydrazone groups is 1. The van der Waals surface area contributed by atoms with Crippen molar-refractivity contribution < 1.29 is 23.5 Å². The Balaban J connectivity index is 2.42. The first-order valence-corrected chi connectivity index (χ1v) is 11.3. The quantitative estimate of drug-likeness (QED) is 0.108. The fraction of sp³-hybridized carbons (Fsp3) is 0.316. The highest BCUT2D eigenvalue weighted by atomic mass is 31.2. The lowest BCUT2D eigenvalue weighted by atomic mass is 10.3. The number of benzene rings is 2. The van der Waals surface area contributed by atoms with Crippen LogP contribution in [0.25, 0.3) is 0 Å². The highest BCUT2D eigenvalue weighted by Gasteiger charge is 2.36. The van der Waals surface area contributed by atoms with E-state index in [1.165, 1.54) is 48.5 Å². The van der Waals surface area contributed by atoms with Gasteiger partial charge in [-0.2, -0.15) is 0 Å². The Hall–Kier alpha value is -3.54. The molecule has 0 heterocycles. The Morgan fingerprint density at radius 3 is 1.76 bits per heavy atom. The minimum Gasteiger partial charge on any atom is -0.300 e. The largest absolute Gasteiger partial charge is 0.402 e. The number of anilines is 1. The molecule has 0 aliphatic carbocycles. The van der Waals surface area contributed by atoms with Gasteiger partial charge in [-0.05, 0) is 52.0 Å². The maximum atomic E-state index is 13.5. The minimum absolute atomic E-state index is 0.112. The molecule has 0 amide bonds. The molecule has 176 valence electrons. The Labute approximate surface area is 189 Å². The summed E-state index contributed by atoms with van der Waals surface area (Å²) in [7, 11) is -4.06. The molecular formula is C19H23N6O7P. The molecule has 0 bridgehead atoms. The van der Waals surface area contributed by atoms with E-state index >= 15 is 0 Å². The van der Waals surface area contributed by atoms with Crippen LogP contribution in [-0.4, -0.2) is 27.6 Å². The lowest BCUT2D eigenvalue weighted by Gasteiger charge is -2.21. The van der Waals surface area contributed by atoms with Gasteiger partial charge in [-0.1, -0.05) is 0 Å². The normalized spacial score (nSPS) is 12.5. The second kappa shape index (κ2) is 11.4. The topological polar surface area (TPSA) is 171 Å². The Kier molecular flexibility index (Phi) is 8.85. The van der Waals surface area contributed by atoms with Gasteiger partial charge >= 0.3 is 7.60 Å². The van der Waals surface area contributed by atoms with Crippen LogP contribution in [0.5, 0.6) is 0 Å². The van der Waals surface area contributed by atoms with Crippen LogP contribution in [0.3, 0.4) is 0 Å². The molecule has 2 aromatic carbocycles. The van der Waals surface area contributed by atoms with E-state index < -0.39 is 35.2 Å². The smallest absolute Gasteiger partial charge is 0.300 e. The van der Waals surface area contributed by atoms with E-state index in [-0.39, 0.29) is 17.1 Å². The number of azo groups is 1. The van der Waals surface area contributed by atoms with Gasteiger partial charge < -0.3 is 9.05 Å². The number of non-ortho nitro benzene ring substituents is 2. The van der Waals surface area contributed by atoms with Gasteiger partial charge in [0.05, 0.1) is 33.4 Å². The van der Waals surface area contributed by atoms with E-state index in [0.29, 0.717) is 5.69 Å². The number of amidine groups is 1. The zero-order valence-electron chi connectivity index (χ0n) is 18.3. The van der Waals surface area contributed by atoms with E-state index in [2.05, 4.69) is 20.8 Å². The minimum atomic E-state index is -4.06. The van der Waals surface area contributed by atoms with E-state index in [0.717, 1.165) is 0 Å². The monoisotopic (exact) mass is 478 g/mol. The number of hydrogen-bond acceptors (Lipinski definition) is 10. The second-order valence-corrected chi connectivity index (χ2v) is 8.92. The van der Waals surface area contributed by atoms with Crippen LogP contribution in [0, 0.1) is 20.2 Å². The molecule has 0 aliphatic heterocycles. The molecule has 2 aromatic rings. The molecule has 0 radical (unpaired) electrons. The Bertz CT molecular complexity index is 1070. The molecule has 33 heavy (non-hydrogen) atoms. The summed E-state index contributed by atoms with van der Waals surface area (Å²) in [6.07, 6.45) is -1.01. The lowest BCUT2D eigenvalue weighted by molar-refractivity contribution is -0.385. The van der Waals surface area contributed by atoms with Crippen molar-refractivity contribution in [2.75, 3.05) is 5.43 Å². The van der Waals surface area contributed by atoms with Gasteiger partial charge in [0.2, 0.25) is 0 Å². The van der Waals surface area contributed by atoms with Crippen molar-refractivity contribution >= 4 is 35.9 Å². The third-order valence-electron chi connectivity index (χ3n) is 3.62. The molecule has 0 fully saturated rings. The summed E-state index contributed by atoms with van der Waals surface area (Å²) >= 11 is 0. The molecule has 14 heteroatoms. The first-order chi connectivity index (χ1) is 15.5. The van der Waals surface area contributed by atoms with Gasteiger partial charge in [-0.25, -0.2) is 0 Å². The standard InChI is InChI=1S/C19H23N6O7P/c1-13(2)31-33(30,32-14(3)4)19(22-20-15-5-9-17(10-6-15)24(26)27)23-21-16-7-11-18(12-8-16)25(28)29/h5-14,20H,1-4H3/b22-19-,23-21?. The van der Waals surface area contributed by atoms with E-state index in [4.69, 9.17) is 9.05 Å². The van der Waals surface area contributed by atoms with Crippen LogP contribution >= 0.6 is 7.60 Å². The zero-order chi connectivity index (χ0) is 24.6. The van der Waals surface area contributed by atoms with Crippen molar-refractivity contribution in [3.05, 3.63) is 68.8 Å². The number of nitrogens with zero attached hydrogens (tertiary/aromatic N) is 5. The average molecular weight is 478 g/mol.